The Morgan fingerprint density at radius 1 is 1.11 bits per heavy atom. The molecule has 0 aliphatic heterocycles. The highest BCUT2D eigenvalue weighted by molar-refractivity contribution is 6.30. The van der Waals surface area contributed by atoms with Gasteiger partial charge in [-0.25, -0.2) is 0 Å². The Balaban J connectivity index is 2.14. The van der Waals surface area contributed by atoms with E-state index in [1.54, 1.807) is 18.2 Å². The van der Waals surface area contributed by atoms with Gasteiger partial charge >= 0.3 is 0 Å². The lowest BCUT2D eigenvalue weighted by Gasteiger charge is -2.21. The summed E-state index contributed by atoms with van der Waals surface area (Å²) in [4.78, 5) is 0. The highest BCUT2D eigenvalue weighted by Gasteiger charge is 2.19. The van der Waals surface area contributed by atoms with E-state index < -0.39 is 12.1 Å². The summed E-state index contributed by atoms with van der Waals surface area (Å²) >= 11 is 5.93. The second-order valence-corrected chi connectivity index (χ2v) is 4.99. The van der Waals surface area contributed by atoms with E-state index >= 15 is 0 Å². The summed E-state index contributed by atoms with van der Waals surface area (Å²) in [5.74, 6) is 0. The molecule has 0 unspecified atom stereocenters. The quantitative estimate of drug-likeness (QED) is 0.752. The van der Waals surface area contributed by atoms with Gasteiger partial charge in [0, 0.05) is 17.1 Å². The maximum absolute atomic E-state index is 10.2. The maximum Gasteiger partial charge on any atom is 0.0773 e. The average Bonchev–Trinajstić information content (AvgIpc) is 2.42. The van der Waals surface area contributed by atoms with Gasteiger partial charge in [-0.05, 0) is 29.3 Å². The van der Waals surface area contributed by atoms with Crippen molar-refractivity contribution in [1.29, 1.82) is 0 Å². The first kappa shape index (κ1) is 13.9. The third-order valence-electron chi connectivity index (χ3n) is 3.11. The molecule has 0 saturated heterocycles. The first-order valence-corrected chi connectivity index (χ1v) is 6.48. The van der Waals surface area contributed by atoms with Gasteiger partial charge in [-0.3, -0.25) is 0 Å². The average molecular weight is 277 g/mol. The largest absolute Gasteiger partial charge is 0.398 e. The summed E-state index contributed by atoms with van der Waals surface area (Å²) in [6.07, 6.45) is -0.225. The fourth-order valence-corrected chi connectivity index (χ4v) is 2.20. The number of benzene rings is 2. The van der Waals surface area contributed by atoms with Crippen molar-refractivity contribution < 1.29 is 5.11 Å². The van der Waals surface area contributed by atoms with Crippen molar-refractivity contribution >= 4 is 17.3 Å². The van der Waals surface area contributed by atoms with Gasteiger partial charge in [-0.1, -0.05) is 41.9 Å². The molecule has 4 heteroatoms. The summed E-state index contributed by atoms with van der Waals surface area (Å²) in [5, 5.41) is 10.8. The standard InChI is InChI=1S/C15H17ClN2O/c16-11-6-7-13(17)12(9-11)15(18)14(19)8-10-4-2-1-3-5-10/h1-7,9,14-15,19H,8,17-18H2/t14-,15+/m0/s1. The zero-order valence-corrected chi connectivity index (χ0v) is 11.2. The van der Waals surface area contributed by atoms with Crippen LogP contribution >= 0.6 is 11.6 Å². The molecule has 0 radical (unpaired) electrons. The highest BCUT2D eigenvalue weighted by atomic mass is 35.5. The Morgan fingerprint density at radius 2 is 1.79 bits per heavy atom. The second-order valence-electron chi connectivity index (χ2n) is 4.56. The van der Waals surface area contributed by atoms with Crippen LogP contribution in [0.15, 0.2) is 48.5 Å². The van der Waals surface area contributed by atoms with Crippen molar-refractivity contribution in [3.05, 3.63) is 64.7 Å². The lowest BCUT2D eigenvalue weighted by atomic mass is 9.96. The van der Waals surface area contributed by atoms with Gasteiger partial charge in [0.1, 0.15) is 0 Å². The molecular weight excluding hydrogens is 260 g/mol. The predicted octanol–water partition coefficient (Wildman–Crippen LogP) is 2.53. The SMILES string of the molecule is Nc1ccc(Cl)cc1[C@@H](N)[C@@H](O)Cc1ccccc1. The van der Waals surface area contributed by atoms with E-state index in [-0.39, 0.29) is 0 Å². The molecule has 0 saturated carbocycles. The lowest BCUT2D eigenvalue weighted by Crippen LogP contribution is -2.28. The molecule has 0 bridgehead atoms. The minimum absolute atomic E-state index is 0.480. The number of hydrogen-bond donors (Lipinski definition) is 3. The Morgan fingerprint density at radius 3 is 2.47 bits per heavy atom. The molecule has 3 nitrogen and oxygen atoms in total. The van der Waals surface area contributed by atoms with Crippen LogP contribution in [0.1, 0.15) is 17.2 Å². The van der Waals surface area contributed by atoms with Crippen molar-refractivity contribution in [2.24, 2.45) is 5.73 Å². The zero-order valence-electron chi connectivity index (χ0n) is 10.5. The second kappa shape index (κ2) is 6.06. The first-order chi connectivity index (χ1) is 9.08. The van der Waals surface area contributed by atoms with Gasteiger partial charge in [0.15, 0.2) is 0 Å². The Labute approximate surface area is 117 Å². The Hall–Kier alpha value is -1.55. The van der Waals surface area contributed by atoms with Crippen LogP contribution in [0, 0.1) is 0 Å². The number of nitrogens with two attached hydrogens (primary N) is 2. The molecule has 0 fully saturated rings. The molecule has 2 aromatic carbocycles. The fourth-order valence-electron chi connectivity index (χ4n) is 2.02. The van der Waals surface area contributed by atoms with Crippen LogP contribution in [0.2, 0.25) is 5.02 Å². The van der Waals surface area contributed by atoms with Crippen LogP contribution in [0.25, 0.3) is 0 Å². The summed E-state index contributed by atoms with van der Waals surface area (Å²) < 4.78 is 0. The van der Waals surface area contributed by atoms with Crippen LogP contribution in [0.4, 0.5) is 5.69 Å². The minimum Gasteiger partial charge on any atom is -0.398 e. The summed E-state index contributed by atoms with van der Waals surface area (Å²) in [7, 11) is 0. The predicted molar refractivity (Wildman–Crippen MR) is 78.9 cm³/mol. The molecule has 100 valence electrons. The topological polar surface area (TPSA) is 72.3 Å². The van der Waals surface area contributed by atoms with Gasteiger partial charge in [-0.15, -0.1) is 0 Å². The molecule has 0 aliphatic carbocycles. The highest BCUT2D eigenvalue weighted by Crippen LogP contribution is 2.26. The molecule has 2 atom stereocenters. The minimum atomic E-state index is -0.705. The van der Waals surface area contributed by atoms with Crippen molar-refractivity contribution in [3.8, 4) is 0 Å². The van der Waals surface area contributed by atoms with Crippen LogP contribution in [-0.4, -0.2) is 11.2 Å². The van der Waals surface area contributed by atoms with Crippen LogP contribution in [0.3, 0.4) is 0 Å². The summed E-state index contributed by atoms with van der Waals surface area (Å²) in [6, 6.07) is 14.3. The van der Waals surface area contributed by atoms with Gasteiger partial charge in [-0.2, -0.15) is 0 Å². The molecule has 19 heavy (non-hydrogen) atoms. The van der Waals surface area contributed by atoms with E-state index in [0.29, 0.717) is 22.7 Å². The number of rotatable bonds is 4. The van der Waals surface area contributed by atoms with Crippen molar-refractivity contribution in [1.82, 2.24) is 0 Å². The number of hydrogen-bond acceptors (Lipinski definition) is 3. The zero-order chi connectivity index (χ0) is 13.8. The summed E-state index contributed by atoms with van der Waals surface area (Å²) in [6.45, 7) is 0. The number of aliphatic hydroxyl groups is 1. The van der Waals surface area contributed by atoms with Crippen LogP contribution in [-0.2, 0) is 6.42 Å². The number of nitrogen functional groups attached to an aromatic ring is 1. The third kappa shape index (κ3) is 3.47. The first-order valence-electron chi connectivity index (χ1n) is 6.10. The molecule has 0 heterocycles. The van der Waals surface area contributed by atoms with E-state index in [9.17, 15) is 5.11 Å². The monoisotopic (exact) mass is 276 g/mol. The molecule has 0 aromatic heterocycles. The van der Waals surface area contributed by atoms with Crippen molar-refractivity contribution in [2.75, 3.05) is 5.73 Å². The van der Waals surface area contributed by atoms with Crippen molar-refractivity contribution in [3.63, 3.8) is 0 Å². The Bertz CT molecular complexity index is 545. The number of aliphatic hydroxyl groups excluding tert-OH is 1. The third-order valence-corrected chi connectivity index (χ3v) is 3.35. The number of halogens is 1. The van der Waals surface area contributed by atoms with Crippen molar-refractivity contribution in [2.45, 2.75) is 18.6 Å². The normalized spacial score (nSPS) is 14.1. The molecule has 0 aliphatic rings. The van der Waals surface area contributed by atoms with E-state index in [2.05, 4.69) is 0 Å². The van der Waals surface area contributed by atoms with Gasteiger partial charge in [0.25, 0.3) is 0 Å². The fraction of sp³-hybridized carbons (Fsp3) is 0.200. The molecule has 0 spiro atoms. The van der Waals surface area contributed by atoms with Crippen LogP contribution in [0.5, 0.6) is 0 Å². The summed E-state index contributed by atoms with van der Waals surface area (Å²) in [5.41, 5.74) is 14.2. The molecule has 0 amide bonds. The Kier molecular flexibility index (Phi) is 4.43. The van der Waals surface area contributed by atoms with Crippen LogP contribution < -0.4 is 11.5 Å². The van der Waals surface area contributed by atoms with E-state index in [4.69, 9.17) is 23.1 Å². The van der Waals surface area contributed by atoms with Gasteiger partial charge in [0.05, 0.1) is 12.1 Å². The smallest absolute Gasteiger partial charge is 0.0773 e. The van der Waals surface area contributed by atoms with E-state index in [1.165, 1.54) is 0 Å². The van der Waals surface area contributed by atoms with Gasteiger partial charge < -0.3 is 16.6 Å². The molecule has 2 aromatic rings. The van der Waals surface area contributed by atoms with E-state index in [1.807, 2.05) is 30.3 Å². The maximum atomic E-state index is 10.2. The lowest BCUT2D eigenvalue weighted by molar-refractivity contribution is 0.145. The van der Waals surface area contributed by atoms with E-state index in [0.717, 1.165) is 5.56 Å². The molecule has 2 rings (SSSR count). The molecular formula is C15H17ClN2O. The van der Waals surface area contributed by atoms with Gasteiger partial charge in [0.2, 0.25) is 0 Å². The number of anilines is 1. The molecule has 5 N–H and O–H groups in total.